The first-order chi connectivity index (χ1) is 9.04. The van der Waals surface area contributed by atoms with E-state index >= 15 is 0 Å². The average molecular weight is 355 g/mol. The second kappa shape index (κ2) is 9.58. The summed E-state index contributed by atoms with van der Waals surface area (Å²) in [6.45, 7) is 7.11. The summed E-state index contributed by atoms with van der Waals surface area (Å²) in [6.07, 6.45) is 2.59. The van der Waals surface area contributed by atoms with E-state index in [1.807, 2.05) is 5.38 Å². The smallest absolute Gasteiger partial charge is 0.242 e. The third kappa shape index (κ3) is 6.48. The quantitative estimate of drug-likeness (QED) is 0.871. The molecule has 0 radical (unpaired) electrons. The Morgan fingerprint density at radius 2 is 2.33 bits per heavy atom. The van der Waals surface area contributed by atoms with E-state index in [-0.39, 0.29) is 30.7 Å². The van der Waals surface area contributed by atoms with Gasteiger partial charge in [-0.2, -0.15) is 0 Å². The molecule has 122 valence electrons. The van der Waals surface area contributed by atoms with Crippen LogP contribution in [0, 0.1) is 5.92 Å². The second-order valence-electron chi connectivity index (χ2n) is 5.40. The number of amides is 1. The van der Waals surface area contributed by atoms with Crippen LogP contribution in [0.1, 0.15) is 32.4 Å². The van der Waals surface area contributed by atoms with Crippen LogP contribution in [0.25, 0.3) is 0 Å². The predicted octanol–water partition coefficient (Wildman–Crippen LogP) is 2.50. The van der Waals surface area contributed by atoms with Crippen molar-refractivity contribution in [3.05, 3.63) is 11.1 Å². The summed E-state index contributed by atoms with van der Waals surface area (Å²) >= 11 is 1.46. The number of hydrogen-bond donors (Lipinski definition) is 2. The highest BCUT2D eigenvalue weighted by atomic mass is 35.5. The Balaban J connectivity index is 0.00000200. The van der Waals surface area contributed by atoms with Crippen LogP contribution in [0.15, 0.2) is 5.38 Å². The van der Waals surface area contributed by atoms with Gasteiger partial charge in [0.1, 0.15) is 0 Å². The molecule has 1 fully saturated rings. The van der Waals surface area contributed by atoms with E-state index in [0.29, 0.717) is 5.13 Å². The average Bonchev–Trinajstić information content (AvgIpc) is 2.76. The van der Waals surface area contributed by atoms with Crippen LogP contribution in [0.2, 0.25) is 0 Å². The minimum atomic E-state index is -0.504. The summed E-state index contributed by atoms with van der Waals surface area (Å²) in [6, 6.07) is -0.504. The first kappa shape index (κ1) is 20.6. The molecule has 3 N–H and O–H groups in total. The van der Waals surface area contributed by atoms with Crippen molar-refractivity contribution < 1.29 is 4.79 Å². The number of anilines is 1. The Hall–Kier alpha value is -0.400. The lowest BCUT2D eigenvalue weighted by Gasteiger charge is -2.30. The zero-order valence-corrected chi connectivity index (χ0v) is 14.8. The molecule has 2 rings (SSSR count). The molecule has 1 aromatic rings. The number of thiazole rings is 1. The molecule has 0 bridgehead atoms. The molecule has 2 heterocycles. The Kier molecular flexibility index (Phi) is 9.40. The number of nitrogens with two attached hydrogens (primary N) is 1. The molecule has 1 saturated heterocycles. The number of hydrogen-bond acceptors (Lipinski definition) is 5. The maximum atomic E-state index is 11.5. The normalized spacial score (nSPS) is 20.0. The van der Waals surface area contributed by atoms with Crippen LogP contribution >= 0.6 is 36.2 Å². The van der Waals surface area contributed by atoms with Gasteiger partial charge in [-0.25, -0.2) is 4.98 Å². The van der Waals surface area contributed by atoms with Gasteiger partial charge in [0, 0.05) is 18.5 Å². The summed E-state index contributed by atoms with van der Waals surface area (Å²) in [5.74, 6) is 0.581. The van der Waals surface area contributed by atoms with Crippen LogP contribution in [0.4, 0.5) is 5.13 Å². The van der Waals surface area contributed by atoms with E-state index in [0.717, 1.165) is 31.2 Å². The van der Waals surface area contributed by atoms with Gasteiger partial charge in [-0.3, -0.25) is 9.69 Å². The summed E-state index contributed by atoms with van der Waals surface area (Å²) < 4.78 is 0. The van der Waals surface area contributed by atoms with Crippen LogP contribution in [0.3, 0.4) is 0 Å². The molecule has 1 aliphatic heterocycles. The molecule has 0 aromatic carbocycles. The van der Waals surface area contributed by atoms with Gasteiger partial charge >= 0.3 is 0 Å². The zero-order chi connectivity index (χ0) is 13.8. The lowest BCUT2D eigenvalue weighted by Crippen LogP contribution is -2.34. The number of likely N-dealkylation sites (tertiary alicyclic amines) is 1. The van der Waals surface area contributed by atoms with Gasteiger partial charge in [0.25, 0.3) is 0 Å². The van der Waals surface area contributed by atoms with Crippen molar-refractivity contribution in [2.45, 2.75) is 39.3 Å². The largest absolute Gasteiger partial charge is 0.320 e. The van der Waals surface area contributed by atoms with E-state index in [1.54, 1.807) is 6.92 Å². The Morgan fingerprint density at radius 1 is 1.62 bits per heavy atom. The van der Waals surface area contributed by atoms with E-state index < -0.39 is 6.04 Å². The first-order valence-electron chi connectivity index (χ1n) is 6.78. The molecule has 1 amide bonds. The van der Waals surface area contributed by atoms with E-state index in [2.05, 4.69) is 22.1 Å². The van der Waals surface area contributed by atoms with Gasteiger partial charge in [0.2, 0.25) is 5.91 Å². The van der Waals surface area contributed by atoms with Crippen LogP contribution in [-0.4, -0.2) is 34.9 Å². The van der Waals surface area contributed by atoms with Gasteiger partial charge in [-0.05, 0) is 32.2 Å². The Morgan fingerprint density at radius 3 is 2.95 bits per heavy atom. The molecule has 21 heavy (non-hydrogen) atoms. The SMILES string of the molecule is CC1CCCN(Cc2csc(NC(=O)[C@@H](C)N)n2)C1.Cl.Cl. The number of carbonyl (C=O) groups excluding carboxylic acids is 1. The fraction of sp³-hybridized carbons (Fsp3) is 0.692. The van der Waals surface area contributed by atoms with Gasteiger partial charge in [0.15, 0.2) is 5.13 Å². The van der Waals surface area contributed by atoms with Crippen molar-refractivity contribution in [1.29, 1.82) is 0 Å². The number of aromatic nitrogens is 1. The first-order valence-corrected chi connectivity index (χ1v) is 7.65. The number of nitrogens with one attached hydrogen (secondary N) is 1. The summed E-state index contributed by atoms with van der Waals surface area (Å²) in [4.78, 5) is 18.3. The van der Waals surface area contributed by atoms with Crippen LogP contribution < -0.4 is 11.1 Å². The number of rotatable bonds is 4. The third-order valence-corrected chi connectivity index (χ3v) is 4.13. The highest BCUT2D eigenvalue weighted by molar-refractivity contribution is 7.13. The van der Waals surface area contributed by atoms with Crippen molar-refractivity contribution in [3.8, 4) is 0 Å². The molecular weight excluding hydrogens is 331 g/mol. The van der Waals surface area contributed by atoms with Gasteiger partial charge < -0.3 is 11.1 Å². The minimum Gasteiger partial charge on any atom is -0.320 e. The van der Waals surface area contributed by atoms with E-state index in [9.17, 15) is 4.79 Å². The van der Waals surface area contributed by atoms with Gasteiger partial charge in [-0.15, -0.1) is 36.2 Å². The molecule has 8 heteroatoms. The maximum Gasteiger partial charge on any atom is 0.242 e. The monoisotopic (exact) mass is 354 g/mol. The molecule has 1 unspecified atom stereocenters. The maximum absolute atomic E-state index is 11.5. The van der Waals surface area contributed by atoms with Crippen molar-refractivity contribution >= 4 is 47.2 Å². The van der Waals surface area contributed by atoms with Gasteiger partial charge in [0.05, 0.1) is 11.7 Å². The van der Waals surface area contributed by atoms with Crippen molar-refractivity contribution in [2.24, 2.45) is 11.7 Å². The van der Waals surface area contributed by atoms with E-state index in [4.69, 9.17) is 5.73 Å². The van der Waals surface area contributed by atoms with Gasteiger partial charge in [-0.1, -0.05) is 6.92 Å². The van der Waals surface area contributed by atoms with E-state index in [1.165, 1.54) is 24.2 Å². The molecule has 5 nitrogen and oxygen atoms in total. The minimum absolute atomic E-state index is 0. The van der Waals surface area contributed by atoms with Crippen molar-refractivity contribution in [2.75, 3.05) is 18.4 Å². The summed E-state index contributed by atoms with van der Waals surface area (Å²) in [5.41, 5.74) is 6.54. The van der Waals surface area contributed by atoms with Crippen LogP contribution in [-0.2, 0) is 11.3 Å². The van der Waals surface area contributed by atoms with Crippen LogP contribution in [0.5, 0.6) is 0 Å². The standard InChI is InChI=1S/C13H22N4OS.2ClH/c1-9-4-3-5-17(6-9)7-11-8-19-13(15-11)16-12(18)10(2)14;;/h8-10H,3-7,14H2,1-2H3,(H,15,16,18);2*1H/t9?,10-;;/m1../s1. The lowest BCUT2D eigenvalue weighted by atomic mass is 10.0. The topological polar surface area (TPSA) is 71.2 Å². The fourth-order valence-electron chi connectivity index (χ4n) is 2.32. The highest BCUT2D eigenvalue weighted by Gasteiger charge is 2.17. The highest BCUT2D eigenvalue weighted by Crippen LogP contribution is 2.20. The fourth-order valence-corrected chi connectivity index (χ4v) is 3.02. The predicted molar refractivity (Wildman–Crippen MR) is 92.6 cm³/mol. The molecule has 2 atom stereocenters. The lowest BCUT2D eigenvalue weighted by molar-refractivity contribution is -0.117. The number of halogens is 2. The molecule has 0 aliphatic carbocycles. The number of carbonyl (C=O) groups is 1. The zero-order valence-electron chi connectivity index (χ0n) is 12.4. The van der Waals surface area contributed by atoms with Crippen molar-refractivity contribution in [3.63, 3.8) is 0 Å². The summed E-state index contributed by atoms with van der Waals surface area (Å²) in [7, 11) is 0. The number of nitrogens with zero attached hydrogens (tertiary/aromatic N) is 2. The Bertz CT molecular complexity index is 442. The Labute approximate surface area is 142 Å². The molecule has 1 aliphatic rings. The number of piperidine rings is 1. The molecule has 0 spiro atoms. The molecular formula is C13H24Cl2N4OS. The second-order valence-corrected chi connectivity index (χ2v) is 6.26. The summed E-state index contributed by atoms with van der Waals surface area (Å²) in [5, 5.41) is 5.38. The van der Waals surface area contributed by atoms with Crippen molar-refractivity contribution in [1.82, 2.24) is 9.88 Å². The molecule has 0 saturated carbocycles. The molecule has 1 aromatic heterocycles. The third-order valence-electron chi connectivity index (χ3n) is 3.32.